The van der Waals surface area contributed by atoms with E-state index in [4.69, 9.17) is 4.74 Å². The molecule has 11 heteroatoms. The summed E-state index contributed by atoms with van der Waals surface area (Å²) in [6.07, 6.45) is -3.81. The van der Waals surface area contributed by atoms with E-state index in [0.717, 1.165) is 17.0 Å². The lowest BCUT2D eigenvalue weighted by Crippen LogP contribution is -2.57. The van der Waals surface area contributed by atoms with Gasteiger partial charge >= 0.3 is 18.2 Å². The second kappa shape index (κ2) is 9.45. The molecule has 2 aliphatic heterocycles. The van der Waals surface area contributed by atoms with Gasteiger partial charge in [0.2, 0.25) is 0 Å². The number of methoxy groups -OCH3 is 2. The Morgan fingerprint density at radius 1 is 1.16 bits per heavy atom. The zero-order valence-corrected chi connectivity index (χ0v) is 18.0. The average molecular weight is 457 g/mol. The fourth-order valence-corrected chi connectivity index (χ4v) is 4.28. The van der Waals surface area contributed by atoms with Crippen LogP contribution in [0, 0.1) is 0 Å². The van der Waals surface area contributed by atoms with Crippen LogP contribution in [0.25, 0.3) is 0 Å². The Morgan fingerprint density at radius 2 is 1.84 bits per heavy atom. The van der Waals surface area contributed by atoms with Crippen LogP contribution in [0.3, 0.4) is 0 Å². The molecule has 8 nitrogen and oxygen atoms in total. The lowest BCUT2D eigenvalue weighted by molar-refractivity contribution is -0.146. The van der Waals surface area contributed by atoms with Crippen LogP contribution in [-0.4, -0.2) is 85.2 Å². The number of carbonyl (C=O) groups is 3. The summed E-state index contributed by atoms with van der Waals surface area (Å²) >= 11 is 0. The molecule has 2 aliphatic rings. The first kappa shape index (κ1) is 24.0. The molecule has 0 aliphatic carbocycles. The summed E-state index contributed by atoms with van der Waals surface area (Å²) in [4.78, 5) is 42.1. The number of nitrogens with zero attached hydrogens (tertiary/aromatic N) is 3. The summed E-state index contributed by atoms with van der Waals surface area (Å²) in [6, 6.07) is 4.59. The molecule has 176 valence electrons. The number of hydrogen-bond acceptors (Lipinski definition) is 6. The normalized spacial score (nSPS) is 19.2. The number of esters is 1. The molecule has 3 amide bonds. The minimum atomic E-state index is -4.41. The van der Waals surface area contributed by atoms with Gasteiger partial charge in [0.15, 0.2) is 0 Å². The van der Waals surface area contributed by atoms with E-state index < -0.39 is 41.7 Å². The third-order valence-corrected chi connectivity index (χ3v) is 6.00. The molecule has 0 bridgehead atoms. The predicted molar refractivity (Wildman–Crippen MR) is 106 cm³/mol. The van der Waals surface area contributed by atoms with Gasteiger partial charge in [-0.25, -0.2) is 4.79 Å². The van der Waals surface area contributed by atoms with E-state index in [1.165, 1.54) is 25.2 Å². The highest BCUT2D eigenvalue weighted by atomic mass is 19.4. The van der Waals surface area contributed by atoms with Gasteiger partial charge in [-0.1, -0.05) is 18.2 Å². The molecular weight excluding hydrogens is 431 g/mol. The molecular formula is C21H26F3N3O5. The highest BCUT2D eigenvalue weighted by Gasteiger charge is 2.58. The van der Waals surface area contributed by atoms with E-state index in [1.54, 1.807) is 6.07 Å². The molecule has 0 unspecified atom stereocenters. The van der Waals surface area contributed by atoms with Gasteiger partial charge in [0.1, 0.15) is 12.1 Å². The number of amides is 3. The standard InChI is InChI=1S/C21H26F3N3O5/c1-31-11-10-27-19(30)26(14-17(28)32-2)18(29)20(27)6-8-25(9-7-20)13-15-4-3-5-16(12-15)21(22,23)24/h3-5,12H,6-11,13-14H2,1-2H3. The van der Waals surface area contributed by atoms with E-state index in [9.17, 15) is 27.6 Å². The Kier molecular flexibility index (Phi) is 7.09. The number of imide groups is 1. The largest absolute Gasteiger partial charge is 0.468 e. The van der Waals surface area contributed by atoms with Crippen LogP contribution in [0.2, 0.25) is 0 Å². The zero-order valence-electron chi connectivity index (χ0n) is 18.0. The number of halogens is 3. The first-order valence-electron chi connectivity index (χ1n) is 10.2. The fourth-order valence-electron chi connectivity index (χ4n) is 4.28. The third kappa shape index (κ3) is 4.73. The molecule has 0 aromatic heterocycles. The van der Waals surface area contributed by atoms with Crippen LogP contribution < -0.4 is 0 Å². The van der Waals surface area contributed by atoms with Gasteiger partial charge in [-0.05, 0) is 24.5 Å². The predicted octanol–water partition coefficient (Wildman–Crippen LogP) is 2.12. The first-order chi connectivity index (χ1) is 15.1. The van der Waals surface area contributed by atoms with E-state index in [0.29, 0.717) is 38.0 Å². The summed E-state index contributed by atoms with van der Waals surface area (Å²) in [7, 11) is 2.66. The maximum atomic E-state index is 13.2. The number of likely N-dealkylation sites (tertiary alicyclic amines) is 1. The van der Waals surface area contributed by atoms with Crippen molar-refractivity contribution in [1.82, 2.24) is 14.7 Å². The number of rotatable bonds is 7. The molecule has 0 N–H and O–H groups in total. The van der Waals surface area contributed by atoms with Crippen molar-refractivity contribution in [3.63, 3.8) is 0 Å². The lowest BCUT2D eigenvalue weighted by Gasteiger charge is -2.42. The van der Waals surface area contributed by atoms with Crippen molar-refractivity contribution in [2.24, 2.45) is 0 Å². The van der Waals surface area contributed by atoms with Crippen LogP contribution in [0.1, 0.15) is 24.0 Å². The van der Waals surface area contributed by atoms with Crippen molar-refractivity contribution in [3.8, 4) is 0 Å². The summed E-state index contributed by atoms with van der Waals surface area (Å²) in [5.74, 6) is -1.15. The summed E-state index contributed by atoms with van der Waals surface area (Å²) < 4.78 is 48.6. The van der Waals surface area contributed by atoms with Crippen molar-refractivity contribution in [1.29, 1.82) is 0 Å². The molecule has 1 aromatic rings. The second-order valence-electron chi connectivity index (χ2n) is 7.90. The van der Waals surface area contributed by atoms with Crippen molar-refractivity contribution in [3.05, 3.63) is 35.4 Å². The summed E-state index contributed by atoms with van der Waals surface area (Å²) in [5, 5.41) is 0. The topological polar surface area (TPSA) is 79.4 Å². The number of alkyl halides is 3. The molecule has 1 spiro atoms. The highest BCUT2D eigenvalue weighted by molar-refractivity contribution is 6.08. The number of urea groups is 1. The Labute approximate surface area is 183 Å². The maximum absolute atomic E-state index is 13.2. The van der Waals surface area contributed by atoms with Crippen LogP contribution in [0.15, 0.2) is 24.3 Å². The number of piperidine rings is 1. The molecule has 2 saturated heterocycles. The van der Waals surface area contributed by atoms with Gasteiger partial charge in [0.25, 0.3) is 5.91 Å². The number of ether oxygens (including phenoxy) is 2. The molecule has 0 saturated carbocycles. The Balaban J connectivity index is 1.74. The van der Waals surface area contributed by atoms with Gasteiger partial charge in [-0.3, -0.25) is 19.4 Å². The zero-order chi connectivity index (χ0) is 23.5. The molecule has 2 heterocycles. The smallest absolute Gasteiger partial charge is 0.416 e. The second-order valence-corrected chi connectivity index (χ2v) is 7.90. The SMILES string of the molecule is COCCN1C(=O)N(CC(=O)OC)C(=O)C12CCN(Cc1cccc(C(F)(F)F)c1)CC2. The Hall–Kier alpha value is -2.66. The van der Waals surface area contributed by atoms with Crippen LogP contribution >= 0.6 is 0 Å². The van der Waals surface area contributed by atoms with Crippen LogP contribution in [-0.2, 0) is 31.8 Å². The highest BCUT2D eigenvalue weighted by Crippen LogP contribution is 2.38. The third-order valence-electron chi connectivity index (χ3n) is 6.00. The van der Waals surface area contributed by atoms with Gasteiger partial charge in [-0.2, -0.15) is 13.2 Å². The number of benzene rings is 1. The molecule has 2 fully saturated rings. The van der Waals surface area contributed by atoms with E-state index in [-0.39, 0.29) is 13.2 Å². The van der Waals surface area contributed by atoms with Crippen molar-refractivity contribution >= 4 is 17.9 Å². The fraction of sp³-hybridized carbons (Fsp3) is 0.571. The molecule has 1 aromatic carbocycles. The van der Waals surface area contributed by atoms with Gasteiger partial charge in [-0.15, -0.1) is 0 Å². The van der Waals surface area contributed by atoms with Gasteiger partial charge in [0.05, 0.1) is 19.3 Å². The van der Waals surface area contributed by atoms with Crippen molar-refractivity contribution in [2.45, 2.75) is 31.1 Å². The molecule has 32 heavy (non-hydrogen) atoms. The first-order valence-corrected chi connectivity index (χ1v) is 10.2. The van der Waals surface area contributed by atoms with Gasteiger partial charge in [0, 0.05) is 33.3 Å². The minimum absolute atomic E-state index is 0.187. The monoisotopic (exact) mass is 457 g/mol. The van der Waals surface area contributed by atoms with E-state index in [2.05, 4.69) is 4.74 Å². The van der Waals surface area contributed by atoms with Crippen LogP contribution in [0.4, 0.5) is 18.0 Å². The van der Waals surface area contributed by atoms with Crippen molar-refractivity contribution in [2.75, 3.05) is 47.0 Å². The van der Waals surface area contributed by atoms with Crippen LogP contribution in [0.5, 0.6) is 0 Å². The van der Waals surface area contributed by atoms with E-state index >= 15 is 0 Å². The molecule has 0 radical (unpaired) electrons. The lowest BCUT2D eigenvalue weighted by atomic mass is 9.85. The summed E-state index contributed by atoms with van der Waals surface area (Å²) in [5.41, 5.74) is -1.29. The van der Waals surface area contributed by atoms with Gasteiger partial charge < -0.3 is 14.4 Å². The number of carbonyl (C=O) groups excluding carboxylic acids is 3. The number of hydrogen-bond donors (Lipinski definition) is 0. The Morgan fingerprint density at radius 3 is 2.44 bits per heavy atom. The molecule has 0 atom stereocenters. The average Bonchev–Trinajstić information content (AvgIpc) is 2.94. The van der Waals surface area contributed by atoms with Crippen molar-refractivity contribution < 1.29 is 37.0 Å². The quantitative estimate of drug-likeness (QED) is 0.461. The molecule has 3 rings (SSSR count). The minimum Gasteiger partial charge on any atom is -0.468 e. The maximum Gasteiger partial charge on any atom is 0.416 e. The Bertz CT molecular complexity index is 868. The summed E-state index contributed by atoms with van der Waals surface area (Å²) in [6.45, 7) is 1.06. The van der Waals surface area contributed by atoms with E-state index in [1.807, 2.05) is 4.90 Å².